The molecule has 0 saturated carbocycles. The van der Waals surface area contributed by atoms with Gasteiger partial charge >= 0.3 is 0 Å². The molecular weight excluding hydrogens is 438 g/mol. The minimum absolute atomic E-state index is 0.00457. The Morgan fingerprint density at radius 1 is 1.14 bits per heavy atom. The van der Waals surface area contributed by atoms with Crippen LogP contribution in [0.15, 0.2) is 74.6 Å². The summed E-state index contributed by atoms with van der Waals surface area (Å²) in [7, 11) is 0. The van der Waals surface area contributed by atoms with Crippen molar-refractivity contribution in [2.45, 2.75) is 13.8 Å². The molecule has 0 radical (unpaired) electrons. The summed E-state index contributed by atoms with van der Waals surface area (Å²) < 4.78 is 2.78. The third kappa shape index (κ3) is 4.61. The fraction of sp³-hybridized carbons (Fsp3) is 0.143. The van der Waals surface area contributed by atoms with E-state index in [1.165, 1.54) is 23.5 Å². The van der Waals surface area contributed by atoms with Gasteiger partial charge in [-0.25, -0.2) is 4.68 Å². The van der Waals surface area contributed by atoms with E-state index >= 15 is 0 Å². The first-order chi connectivity index (χ1) is 13.3. The maximum atomic E-state index is 10.2. The second-order valence-electron chi connectivity index (χ2n) is 6.38. The topological polar surface area (TPSA) is 70.1 Å². The summed E-state index contributed by atoms with van der Waals surface area (Å²) in [5.41, 5.74) is 4.01. The fourth-order valence-corrected chi connectivity index (χ4v) is 3.65. The zero-order chi connectivity index (χ0) is 20.3. The molecule has 0 aliphatic rings. The number of phenolic OH excluding ortho intramolecular Hbond substituents is 2. The Hall–Kier alpha value is -2.64. The van der Waals surface area contributed by atoms with Crippen molar-refractivity contribution in [3.05, 3.63) is 74.8 Å². The summed E-state index contributed by atoms with van der Waals surface area (Å²) in [5, 5.41) is 26.4. The van der Waals surface area contributed by atoms with E-state index in [4.69, 9.17) is 5.10 Å². The molecule has 3 aromatic rings. The minimum Gasteiger partial charge on any atom is -0.508 e. The lowest BCUT2D eigenvalue weighted by Crippen LogP contribution is -2.15. The maximum absolute atomic E-state index is 10.2. The van der Waals surface area contributed by atoms with E-state index < -0.39 is 0 Å². The van der Waals surface area contributed by atoms with Crippen molar-refractivity contribution >= 4 is 33.0 Å². The van der Waals surface area contributed by atoms with Crippen molar-refractivity contribution in [2.24, 2.45) is 10.1 Å². The van der Waals surface area contributed by atoms with Gasteiger partial charge in [-0.05, 0) is 38.1 Å². The predicted octanol–water partition coefficient (Wildman–Crippen LogP) is 5.14. The van der Waals surface area contributed by atoms with Gasteiger partial charge in [-0.1, -0.05) is 40.2 Å². The Bertz CT molecular complexity index is 1110. The Morgan fingerprint density at radius 3 is 2.50 bits per heavy atom. The lowest BCUT2D eigenvalue weighted by molar-refractivity contribution is 0.450. The van der Waals surface area contributed by atoms with Crippen LogP contribution in [0.1, 0.15) is 19.4 Å². The van der Waals surface area contributed by atoms with Crippen molar-refractivity contribution in [3.63, 3.8) is 0 Å². The number of aromatic hydroxyl groups is 2. The molecule has 0 aliphatic heterocycles. The van der Waals surface area contributed by atoms with Gasteiger partial charge in [0.1, 0.15) is 11.5 Å². The molecule has 0 amide bonds. The van der Waals surface area contributed by atoms with E-state index in [1.807, 2.05) is 43.5 Å². The standard InChI is InChI=1S/C21H20BrN3O2S/c1-13(2)11-23-21-25(19(12-28-21)15-4-6-16(22)7-5-15)24-14(3)18-9-8-17(26)10-20(18)27/h4-10,12,26-27H,1,11H2,2-3H3. The van der Waals surface area contributed by atoms with Crippen molar-refractivity contribution in [1.82, 2.24) is 4.68 Å². The molecule has 3 rings (SSSR count). The van der Waals surface area contributed by atoms with E-state index in [9.17, 15) is 10.2 Å². The molecule has 0 aliphatic carbocycles. The number of phenols is 2. The Kier molecular flexibility index (Phi) is 6.16. The second-order valence-corrected chi connectivity index (χ2v) is 8.13. The molecule has 0 atom stereocenters. The van der Waals surface area contributed by atoms with Crippen LogP contribution in [0.3, 0.4) is 0 Å². The van der Waals surface area contributed by atoms with E-state index in [-0.39, 0.29) is 11.5 Å². The lowest BCUT2D eigenvalue weighted by Gasteiger charge is -2.08. The van der Waals surface area contributed by atoms with Crippen molar-refractivity contribution in [1.29, 1.82) is 0 Å². The maximum Gasteiger partial charge on any atom is 0.206 e. The number of hydrogen-bond donors (Lipinski definition) is 2. The molecule has 1 heterocycles. The summed E-state index contributed by atoms with van der Waals surface area (Å²) in [6, 6.07) is 12.4. The molecule has 28 heavy (non-hydrogen) atoms. The van der Waals surface area contributed by atoms with Gasteiger partial charge in [0.05, 0.1) is 18.0 Å². The largest absolute Gasteiger partial charge is 0.508 e. The van der Waals surface area contributed by atoms with Gasteiger partial charge in [-0.15, -0.1) is 11.3 Å². The van der Waals surface area contributed by atoms with E-state index in [0.29, 0.717) is 17.8 Å². The quantitative estimate of drug-likeness (QED) is 0.411. The van der Waals surface area contributed by atoms with Crippen LogP contribution in [0.4, 0.5) is 0 Å². The summed E-state index contributed by atoms with van der Waals surface area (Å²) >= 11 is 4.95. The van der Waals surface area contributed by atoms with Crippen molar-refractivity contribution in [2.75, 3.05) is 6.54 Å². The number of thiazole rings is 1. The SMILES string of the molecule is C=C(C)CN=c1scc(-c2ccc(Br)cc2)n1N=C(C)c1ccc(O)cc1O. The lowest BCUT2D eigenvalue weighted by atomic mass is 10.1. The summed E-state index contributed by atoms with van der Waals surface area (Å²) in [4.78, 5) is 5.35. The van der Waals surface area contributed by atoms with Crippen LogP contribution in [0, 0.1) is 0 Å². The fourth-order valence-electron chi connectivity index (χ4n) is 2.56. The predicted molar refractivity (Wildman–Crippen MR) is 118 cm³/mol. The molecule has 2 N–H and O–H groups in total. The van der Waals surface area contributed by atoms with Crippen LogP contribution in [0.25, 0.3) is 11.3 Å². The molecule has 5 nitrogen and oxygen atoms in total. The zero-order valence-corrected chi connectivity index (χ0v) is 18.0. The average Bonchev–Trinajstić information content (AvgIpc) is 3.03. The summed E-state index contributed by atoms with van der Waals surface area (Å²) in [6.07, 6.45) is 0. The molecule has 0 bridgehead atoms. The molecule has 0 saturated heterocycles. The van der Waals surface area contributed by atoms with Gasteiger partial charge in [-0.2, -0.15) is 5.10 Å². The van der Waals surface area contributed by atoms with Crippen LogP contribution >= 0.6 is 27.3 Å². The molecule has 0 fully saturated rings. The Morgan fingerprint density at radius 2 is 1.86 bits per heavy atom. The van der Waals surface area contributed by atoms with Crippen LogP contribution in [0.5, 0.6) is 11.5 Å². The molecule has 0 unspecified atom stereocenters. The summed E-state index contributed by atoms with van der Waals surface area (Å²) in [6.45, 7) is 8.16. The monoisotopic (exact) mass is 457 g/mol. The van der Waals surface area contributed by atoms with Crippen LogP contribution in [0.2, 0.25) is 0 Å². The van der Waals surface area contributed by atoms with Crippen LogP contribution in [-0.4, -0.2) is 27.1 Å². The Balaban J connectivity index is 2.15. The molecule has 2 aromatic carbocycles. The van der Waals surface area contributed by atoms with E-state index in [0.717, 1.165) is 26.1 Å². The van der Waals surface area contributed by atoms with Gasteiger partial charge in [0, 0.05) is 27.0 Å². The van der Waals surface area contributed by atoms with Gasteiger partial charge < -0.3 is 10.2 Å². The van der Waals surface area contributed by atoms with E-state index in [2.05, 4.69) is 27.5 Å². The number of aromatic nitrogens is 1. The first kappa shape index (κ1) is 20.1. The third-order valence-electron chi connectivity index (χ3n) is 3.93. The number of hydrogen-bond acceptors (Lipinski definition) is 5. The molecule has 7 heteroatoms. The number of nitrogens with zero attached hydrogens (tertiary/aromatic N) is 3. The molecule has 1 aromatic heterocycles. The van der Waals surface area contributed by atoms with Crippen LogP contribution in [-0.2, 0) is 0 Å². The average molecular weight is 458 g/mol. The number of benzene rings is 2. The third-order valence-corrected chi connectivity index (χ3v) is 5.31. The highest BCUT2D eigenvalue weighted by molar-refractivity contribution is 9.10. The van der Waals surface area contributed by atoms with Gasteiger partial charge in [0.2, 0.25) is 4.80 Å². The smallest absolute Gasteiger partial charge is 0.206 e. The number of halogens is 1. The zero-order valence-electron chi connectivity index (χ0n) is 15.6. The van der Waals surface area contributed by atoms with E-state index in [1.54, 1.807) is 10.7 Å². The normalized spacial score (nSPS) is 12.4. The highest BCUT2D eigenvalue weighted by atomic mass is 79.9. The van der Waals surface area contributed by atoms with Crippen molar-refractivity contribution < 1.29 is 10.2 Å². The molecule has 0 spiro atoms. The van der Waals surface area contributed by atoms with Gasteiger partial charge in [0.15, 0.2) is 0 Å². The summed E-state index contributed by atoms with van der Waals surface area (Å²) in [5.74, 6) is -0.0207. The van der Waals surface area contributed by atoms with Crippen molar-refractivity contribution in [3.8, 4) is 22.8 Å². The van der Waals surface area contributed by atoms with Gasteiger partial charge in [0.25, 0.3) is 0 Å². The first-order valence-electron chi connectivity index (χ1n) is 8.54. The first-order valence-corrected chi connectivity index (χ1v) is 10.2. The van der Waals surface area contributed by atoms with Gasteiger partial charge in [-0.3, -0.25) is 4.99 Å². The minimum atomic E-state index is -0.0253. The molecule has 144 valence electrons. The number of rotatable bonds is 5. The highest BCUT2D eigenvalue weighted by Gasteiger charge is 2.11. The second kappa shape index (κ2) is 8.58. The molecular formula is C21H20BrN3O2S. The Labute approximate surface area is 175 Å². The highest BCUT2D eigenvalue weighted by Crippen LogP contribution is 2.25. The van der Waals surface area contributed by atoms with Crippen LogP contribution < -0.4 is 4.80 Å².